The van der Waals surface area contributed by atoms with E-state index >= 15 is 0 Å². The monoisotopic (exact) mass is 954 g/mol. The van der Waals surface area contributed by atoms with Crippen LogP contribution in [0.4, 0.5) is 11.4 Å². The lowest BCUT2D eigenvalue weighted by atomic mass is 9.81. The summed E-state index contributed by atoms with van der Waals surface area (Å²) in [5, 5.41) is 8.02. The summed E-state index contributed by atoms with van der Waals surface area (Å²) in [7, 11) is 0. The molecule has 0 saturated heterocycles. The molecule has 2 amide bonds. The second-order valence-electron chi connectivity index (χ2n) is 19.9. The first-order valence-corrected chi connectivity index (χ1v) is 25.9. The molecular formula is C62H73N4O5+. The van der Waals surface area contributed by atoms with Crippen molar-refractivity contribution in [3.63, 3.8) is 0 Å². The molecule has 0 saturated carbocycles. The third kappa shape index (κ3) is 12.0. The number of anilines is 1. The van der Waals surface area contributed by atoms with Crippen LogP contribution in [0.3, 0.4) is 0 Å². The van der Waals surface area contributed by atoms with E-state index in [4.69, 9.17) is 14.2 Å². The van der Waals surface area contributed by atoms with Crippen LogP contribution in [0.15, 0.2) is 162 Å². The van der Waals surface area contributed by atoms with Gasteiger partial charge in [0.05, 0.1) is 31.8 Å². The standard InChI is InChI=1S/C62H72N4O5/c1-7-38-65-54-22-13-11-20-52(54)61(3,4)56(65)33-29-47-18-15-19-48(30-34-57-62(5,6)53-21-12-14-23-55(53)66(57)39-8-2)59(47)71-51-31-24-45(25-32-51)26-35-58(67)63-36-40-69-42-43-70-41-37-64-60(68)50-28-27-46-16-9-10-17-49(46)44-50/h9-14,16-17,20-25,27-34,44H,7-8,15,18-19,26,35-43H2,1-6H3,(H-,63,64,67,68)/p+1. The smallest absolute Gasteiger partial charge is 0.251 e. The van der Waals surface area contributed by atoms with Gasteiger partial charge in [-0.2, -0.15) is 4.58 Å². The first-order chi connectivity index (χ1) is 34.5. The van der Waals surface area contributed by atoms with E-state index < -0.39 is 0 Å². The van der Waals surface area contributed by atoms with Crippen LogP contribution < -0.4 is 20.3 Å². The van der Waals surface area contributed by atoms with Crippen LogP contribution in [0, 0.1) is 0 Å². The average Bonchev–Trinajstić information content (AvgIpc) is 3.73. The lowest BCUT2D eigenvalue weighted by Crippen LogP contribution is -2.28. The molecule has 0 fully saturated rings. The van der Waals surface area contributed by atoms with Crippen molar-refractivity contribution in [2.45, 2.75) is 97.3 Å². The van der Waals surface area contributed by atoms with Crippen molar-refractivity contribution < 1.29 is 28.4 Å². The van der Waals surface area contributed by atoms with Crippen LogP contribution in [0.2, 0.25) is 0 Å². The Hall–Kier alpha value is -6.55. The molecule has 9 nitrogen and oxygen atoms in total. The van der Waals surface area contributed by atoms with Gasteiger partial charge in [-0.05, 0) is 121 Å². The molecular weight excluding hydrogens is 881 g/mol. The number of amides is 2. The lowest BCUT2D eigenvalue weighted by molar-refractivity contribution is -0.437. The van der Waals surface area contributed by atoms with Gasteiger partial charge in [-0.3, -0.25) is 9.59 Å². The summed E-state index contributed by atoms with van der Waals surface area (Å²) < 4.78 is 20.8. The van der Waals surface area contributed by atoms with Crippen molar-refractivity contribution >= 4 is 39.7 Å². The highest BCUT2D eigenvalue weighted by Crippen LogP contribution is 2.48. The molecule has 1 aliphatic carbocycles. The van der Waals surface area contributed by atoms with E-state index in [2.05, 4.69) is 147 Å². The zero-order valence-corrected chi connectivity index (χ0v) is 42.8. The SMILES string of the molecule is CCCN1C(=CC=C2CCCC(C=CC3=[N+](CCC)c4ccccc4C3(C)C)=C2Oc2ccc(CCC(=O)NCCOCCOCCNC(=O)c3ccc4ccccc4c3)cc2)C(C)(C)c2ccccc21. The molecule has 3 aliphatic rings. The Balaban J connectivity index is 0.870. The number of nitrogens with zero attached hydrogens (tertiary/aromatic N) is 2. The van der Waals surface area contributed by atoms with Crippen molar-refractivity contribution in [1.82, 2.24) is 10.6 Å². The van der Waals surface area contributed by atoms with E-state index in [1.807, 2.05) is 54.6 Å². The minimum absolute atomic E-state index is 0.0185. The Kier molecular flexibility index (Phi) is 16.9. The van der Waals surface area contributed by atoms with Crippen molar-refractivity contribution in [2.75, 3.05) is 57.5 Å². The number of hydrogen-bond acceptors (Lipinski definition) is 6. The third-order valence-corrected chi connectivity index (χ3v) is 14.1. The van der Waals surface area contributed by atoms with Crippen LogP contribution in [0.5, 0.6) is 5.75 Å². The topological polar surface area (TPSA) is 92.1 Å². The number of carbonyl (C=O) groups is 2. The average molecular weight is 954 g/mol. The van der Waals surface area contributed by atoms with Crippen LogP contribution in [-0.4, -0.2) is 74.7 Å². The summed E-state index contributed by atoms with van der Waals surface area (Å²) in [6, 6.07) is 39.6. The Labute approximate surface area is 422 Å². The Bertz CT molecular complexity index is 2850. The molecule has 0 spiro atoms. The summed E-state index contributed by atoms with van der Waals surface area (Å²) in [5.74, 6) is 1.57. The van der Waals surface area contributed by atoms with E-state index in [0.29, 0.717) is 57.9 Å². The molecule has 0 atom stereocenters. The molecule has 5 aromatic rings. The van der Waals surface area contributed by atoms with Gasteiger partial charge in [0.1, 0.15) is 18.1 Å². The van der Waals surface area contributed by atoms with Crippen LogP contribution >= 0.6 is 0 Å². The number of fused-ring (bicyclic) bond motifs is 3. The molecule has 0 radical (unpaired) electrons. The van der Waals surface area contributed by atoms with Crippen molar-refractivity contribution in [2.24, 2.45) is 0 Å². The number of allylic oxidation sites excluding steroid dienone is 7. The van der Waals surface area contributed by atoms with Gasteiger partial charge in [0.15, 0.2) is 5.71 Å². The number of benzene rings is 5. The van der Waals surface area contributed by atoms with Crippen LogP contribution in [0.1, 0.15) is 107 Å². The normalized spacial score (nSPS) is 17.1. The fourth-order valence-electron chi connectivity index (χ4n) is 10.4. The number of ether oxygens (including phenoxy) is 3. The second-order valence-corrected chi connectivity index (χ2v) is 19.9. The summed E-state index contributed by atoms with van der Waals surface area (Å²) >= 11 is 0. The molecule has 0 unspecified atom stereocenters. The summed E-state index contributed by atoms with van der Waals surface area (Å²) in [6.45, 7) is 18.2. The Morgan fingerprint density at radius 3 is 2.17 bits per heavy atom. The summed E-state index contributed by atoms with van der Waals surface area (Å²) in [6.07, 6.45) is 15.3. The zero-order chi connectivity index (χ0) is 49.8. The first-order valence-electron chi connectivity index (χ1n) is 25.9. The number of hydrogen-bond donors (Lipinski definition) is 2. The fraction of sp³-hybridized carbons (Fsp3) is 0.371. The van der Waals surface area contributed by atoms with Crippen molar-refractivity contribution in [1.29, 1.82) is 0 Å². The number of nitrogens with one attached hydrogen (secondary N) is 2. The zero-order valence-electron chi connectivity index (χ0n) is 42.8. The van der Waals surface area contributed by atoms with Gasteiger partial charge in [0.25, 0.3) is 5.91 Å². The second kappa shape index (κ2) is 23.6. The van der Waals surface area contributed by atoms with Crippen molar-refractivity contribution in [3.05, 3.63) is 184 Å². The minimum Gasteiger partial charge on any atom is -0.457 e. The molecule has 9 heteroatoms. The van der Waals surface area contributed by atoms with Gasteiger partial charge >= 0.3 is 0 Å². The van der Waals surface area contributed by atoms with Crippen LogP contribution in [0.25, 0.3) is 10.8 Å². The predicted molar refractivity (Wildman–Crippen MR) is 289 cm³/mol. The van der Waals surface area contributed by atoms with E-state index in [1.165, 1.54) is 45.1 Å². The lowest BCUT2D eigenvalue weighted by Gasteiger charge is -2.27. The quantitative estimate of drug-likeness (QED) is 0.0530. The van der Waals surface area contributed by atoms with Gasteiger partial charge in [0, 0.05) is 72.5 Å². The third-order valence-electron chi connectivity index (χ3n) is 14.1. The highest BCUT2D eigenvalue weighted by Gasteiger charge is 2.44. The molecule has 2 N–H and O–H groups in total. The number of rotatable bonds is 22. The Morgan fingerprint density at radius 1 is 0.704 bits per heavy atom. The van der Waals surface area contributed by atoms with Gasteiger partial charge < -0.3 is 29.7 Å². The molecule has 0 bridgehead atoms. The van der Waals surface area contributed by atoms with E-state index in [1.54, 1.807) is 0 Å². The van der Waals surface area contributed by atoms with Crippen molar-refractivity contribution in [3.8, 4) is 5.75 Å². The maximum absolute atomic E-state index is 12.8. The predicted octanol–water partition coefficient (Wildman–Crippen LogP) is 12.2. The molecule has 2 aliphatic heterocycles. The highest BCUT2D eigenvalue weighted by molar-refractivity contribution is 6.03. The largest absolute Gasteiger partial charge is 0.457 e. The van der Waals surface area contributed by atoms with E-state index in [9.17, 15) is 9.59 Å². The van der Waals surface area contributed by atoms with Crippen LogP contribution in [-0.2, 0) is 31.5 Å². The number of para-hydroxylation sites is 2. The summed E-state index contributed by atoms with van der Waals surface area (Å²) in [5.41, 5.74) is 11.8. The molecule has 2 heterocycles. The van der Waals surface area contributed by atoms with Gasteiger partial charge in [-0.1, -0.05) is 113 Å². The molecule has 8 rings (SSSR count). The molecule has 5 aromatic carbocycles. The van der Waals surface area contributed by atoms with Gasteiger partial charge in [0.2, 0.25) is 11.6 Å². The maximum atomic E-state index is 12.8. The molecule has 0 aromatic heterocycles. The maximum Gasteiger partial charge on any atom is 0.251 e. The summed E-state index contributed by atoms with van der Waals surface area (Å²) in [4.78, 5) is 27.9. The number of aryl methyl sites for hydroxylation is 1. The minimum atomic E-state index is -0.132. The van der Waals surface area contributed by atoms with Gasteiger partial charge in [-0.15, -0.1) is 0 Å². The van der Waals surface area contributed by atoms with Gasteiger partial charge in [-0.25, -0.2) is 0 Å². The van der Waals surface area contributed by atoms with E-state index in [-0.39, 0.29) is 22.6 Å². The molecule has 71 heavy (non-hydrogen) atoms. The van der Waals surface area contributed by atoms with E-state index in [0.717, 1.165) is 73.0 Å². The first kappa shape index (κ1) is 50.8. The molecule has 370 valence electrons. The highest BCUT2D eigenvalue weighted by atomic mass is 16.5. The number of carbonyl (C=O) groups excluding carboxylic acids is 2. The fourth-order valence-corrected chi connectivity index (χ4v) is 10.4. The Morgan fingerprint density at radius 2 is 1.41 bits per heavy atom.